The number of fused-ring (bicyclic) bond motifs is 1. The molecular weight excluding hydrogens is 298 g/mol. The molecule has 126 valence electrons. The molecule has 1 aliphatic heterocycles. The van der Waals surface area contributed by atoms with E-state index in [0.29, 0.717) is 6.54 Å². The fourth-order valence-corrected chi connectivity index (χ4v) is 3.20. The molecule has 2 aromatic rings. The summed E-state index contributed by atoms with van der Waals surface area (Å²) in [4.78, 5) is 14.7. The number of rotatable bonds is 3. The molecule has 0 unspecified atom stereocenters. The molecule has 0 saturated carbocycles. The van der Waals surface area contributed by atoms with Crippen molar-refractivity contribution in [2.24, 2.45) is 0 Å². The summed E-state index contributed by atoms with van der Waals surface area (Å²) in [5, 5.41) is 6.59. The number of carbonyl (C=O) groups is 1. The van der Waals surface area contributed by atoms with Crippen LogP contribution in [0.1, 0.15) is 25.0 Å². The van der Waals surface area contributed by atoms with Crippen molar-refractivity contribution in [2.75, 3.05) is 28.6 Å². The second-order valence-corrected chi connectivity index (χ2v) is 7.25. The minimum absolute atomic E-state index is 0.0104. The second-order valence-electron chi connectivity index (χ2n) is 7.25. The Balaban J connectivity index is 1.78. The average Bonchev–Trinajstić information content (AvgIpc) is 2.50. The number of carbonyl (C=O) groups excluding carboxylic acids is 1. The zero-order valence-corrected chi connectivity index (χ0v) is 14.8. The monoisotopic (exact) mass is 323 g/mol. The molecule has 0 fully saturated rings. The molecule has 0 bridgehead atoms. The minimum atomic E-state index is -0.0755. The van der Waals surface area contributed by atoms with Crippen molar-refractivity contribution in [3.63, 3.8) is 0 Å². The highest BCUT2D eigenvalue weighted by Gasteiger charge is 2.30. The number of hydrogen-bond acceptors (Lipinski definition) is 3. The Morgan fingerprint density at radius 1 is 1.21 bits per heavy atom. The lowest BCUT2D eigenvalue weighted by Gasteiger charge is -2.41. The SMILES string of the molecule is Cc1ccc(C)c(NC(=O)CN2CC(C)(C)Nc3ccccc32)c1. The molecule has 2 N–H and O–H groups in total. The third-order valence-electron chi connectivity index (χ3n) is 4.31. The third-order valence-corrected chi connectivity index (χ3v) is 4.31. The van der Waals surface area contributed by atoms with Crippen molar-refractivity contribution in [1.82, 2.24) is 0 Å². The van der Waals surface area contributed by atoms with Gasteiger partial charge in [0, 0.05) is 17.8 Å². The quantitative estimate of drug-likeness (QED) is 0.899. The maximum atomic E-state index is 12.6. The summed E-state index contributed by atoms with van der Waals surface area (Å²) in [6.45, 7) is 9.47. The van der Waals surface area contributed by atoms with Crippen LogP contribution in [0.3, 0.4) is 0 Å². The van der Waals surface area contributed by atoms with Gasteiger partial charge in [0.1, 0.15) is 0 Å². The maximum absolute atomic E-state index is 12.6. The standard InChI is InChI=1S/C20H25N3O/c1-14-9-10-15(2)17(11-14)21-19(24)12-23-13-20(3,4)22-16-7-5-6-8-18(16)23/h5-11,22H,12-13H2,1-4H3,(H,21,24). The molecule has 1 amide bonds. The summed E-state index contributed by atoms with van der Waals surface area (Å²) in [7, 11) is 0. The fourth-order valence-electron chi connectivity index (χ4n) is 3.20. The van der Waals surface area contributed by atoms with Crippen LogP contribution in [0.15, 0.2) is 42.5 Å². The van der Waals surface area contributed by atoms with Crippen LogP contribution in [0.2, 0.25) is 0 Å². The molecule has 4 heteroatoms. The van der Waals surface area contributed by atoms with E-state index in [4.69, 9.17) is 0 Å². The summed E-state index contributed by atoms with van der Waals surface area (Å²) < 4.78 is 0. The zero-order valence-electron chi connectivity index (χ0n) is 14.8. The Hall–Kier alpha value is -2.49. The van der Waals surface area contributed by atoms with Gasteiger partial charge in [0.2, 0.25) is 5.91 Å². The summed E-state index contributed by atoms with van der Waals surface area (Å²) in [5.74, 6) is 0.0104. The van der Waals surface area contributed by atoms with E-state index in [9.17, 15) is 4.79 Å². The first-order valence-corrected chi connectivity index (χ1v) is 8.33. The van der Waals surface area contributed by atoms with E-state index in [-0.39, 0.29) is 11.4 Å². The van der Waals surface area contributed by atoms with Crippen LogP contribution in [-0.2, 0) is 4.79 Å². The first-order valence-electron chi connectivity index (χ1n) is 8.33. The van der Waals surface area contributed by atoms with Gasteiger partial charge < -0.3 is 15.5 Å². The van der Waals surface area contributed by atoms with Gasteiger partial charge in [0.05, 0.1) is 17.9 Å². The van der Waals surface area contributed by atoms with Gasteiger partial charge in [-0.05, 0) is 57.0 Å². The molecule has 0 aromatic heterocycles. The molecule has 1 aliphatic rings. The van der Waals surface area contributed by atoms with E-state index in [2.05, 4.69) is 47.6 Å². The van der Waals surface area contributed by atoms with Crippen molar-refractivity contribution in [2.45, 2.75) is 33.2 Å². The molecule has 0 aliphatic carbocycles. The average molecular weight is 323 g/mol. The number of hydrogen-bond donors (Lipinski definition) is 2. The lowest BCUT2D eigenvalue weighted by Crippen LogP contribution is -2.50. The fraction of sp³-hybridized carbons (Fsp3) is 0.350. The van der Waals surface area contributed by atoms with E-state index >= 15 is 0 Å². The van der Waals surface area contributed by atoms with Gasteiger partial charge in [-0.2, -0.15) is 0 Å². The van der Waals surface area contributed by atoms with Gasteiger partial charge in [-0.15, -0.1) is 0 Å². The number of amides is 1. The molecule has 3 rings (SSSR count). The number of anilines is 3. The van der Waals surface area contributed by atoms with E-state index in [0.717, 1.165) is 34.7 Å². The van der Waals surface area contributed by atoms with Gasteiger partial charge in [-0.25, -0.2) is 0 Å². The molecule has 24 heavy (non-hydrogen) atoms. The van der Waals surface area contributed by atoms with Crippen molar-refractivity contribution in [3.05, 3.63) is 53.6 Å². The van der Waals surface area contributed by atoms with E-state index in [1.165, 1.54) is 0 Å². The van der Waals surface area contributed by atoms with Crippen LogP contribution in [0, 0.1) is 13.8 Å². The minimum Gasteiger partial charge on any atom is -0.377 e. The van der Waals surface area contributed by atoms with Gasteiger partial charge in [-0.3, -0.25) is 4.79 Å². The summed E-state index contributed by atoms with van der Waals surface area (Å²) in [5.41, 5.74) is 5.19. The summed E-state index contributed by atoms with van der Waals surface area (Å²) >= 11 is 0. The molecule has 0 spiro atoms. The Kier molecular flexibility index (Phi) is 4.22. The Bertz CT molecular complexity index is 767. The van der Waals surface area contributed by atoms with Gasteiger partial charge >= 0.3 is 0 Å². The molecule has 4 nitrogen and oxygen atoms in total. The number of nitrogens with zero attached hydrogens (tertiary/aromatic N) is 1. The van der Waals surface area contributed by atoms with Crippen LogP contribution in [-0.4, -0.2) is 24.5 Å². The molecular formula is C20H25N3O. The van der Waals surface area contributed by atoms with Crippen molar-refractivity contribution in [1.29, 1.82) is 0 Å². The van der Waals surface area contributed by atoms with Crippen LogP contribution in [0.5, 0.6) is 0 Å². The van der Waals surface area contributed by atoms with Crippen LogP contribution in [0.25, 0.3) is 0 Å². The second kappa shape index (κ2) is 6.19. The van der Waals surface area contributed by atoms with Crippen molar-refractivity contribution >= 4 is 23.0 Å². The van der Waals surface area contributed by atoms with E-state index in [1.54, 1.807) is 0 Å². The lowest BCUT2D eigenvalue weighted by atomic mass is 9.99. The predicted molar refractivity (Wildman–Crippen MR) is 101 cm³/mol. The molecule has 0 saturated heterocycles. The smallest absolute Gasteiger partial charge is 0.243 e. The Labute approximate surface area is 143 Å². The van der Waals surface area contributed by atoms with Crippen molar-refractivity contribution < 1.29 is 4.79 Å². The highest BCUT2D eigenvalue weighted by atomic mass is 16.2. The molecule has 2 aromatic carbocycles. The lowest BCUT2D eigenvalue weighted by molar-refractivity contribution is -0.115. The number of nitrogens with one attached hydrogen (secondary N) is 2. The number of aryl methyl sites for hydroxylation is 2. The zero-order chi connectivity index (χ0) is 17.3. The van der Waals surface area contributed by atoms with Crippen LogP contribution >= 0.6 is 0 Å². The van der Waals surface area contributed by atoms with Crippen LogP contribution in [0.4, 0.5) is 17.1 Å². The van der Waals surface area contributed by atoms with E-state index < -0.39 is 0 Å². The summed E-state index contributed by atoms with van der Waals surface area (Å²) in [6, 6.07) is 14.3. The normalized spacial score (nSPS) is 15.4. The van der Waals surface area contributed by atoms with Gasteiger partial charge in [0.15, 0.2) is 0 Å². The Morgan fingerprint density at radius 3 is 2.75 bits per heavy atom. The summed E-state index contributed by atoms with van der Waals surface area (Å²) in [6.07, 6.45) is 0. The molecule has 0 atom stereocenters. The van der Waals surface area contributed by atoms with Crippen LogP contribution < -0.4 is 15.5 Å². The first kappa shape index (κ1) is 16.4. The number of benzene rings is 2. The topological polar surface area (TPSA) is 44.4 Å². The van der Waals surface area contributed by atoms with E-state index in [1.807, 2.05) is 38.1 Å². The Morgan fingerprint density at radius 2 is 1.96 bits per heavy atom. The van der Waals surface area contributed by atoms with Gasteiger partial charge in [-0.1, -0.05) is 24.3 Å². The largest absolute Gasteiger partial charge is 0.377 e. The first-order chi connectivity index (χ1) is 11.3. The maximum Gasteiger partial charge on any atom is 0.243 e. The molecule has 1 heterocycles. The highest BCUT2D eigenvalue weighted by molar-refractivity contribution is 5.95. The third kappa shape index (κ3) is 3.53. The van der Waals surface area contributed by atoms with Crippen molar-refractivity contribution in [3.8, 4) is 0 Å². The highest BCUT2D eigenvalue weighted by Crippen LogP contribution is 2.33. The molecule has 0 radical (unpaired) electrons. The van der Waals surface area contributed by atoms with Gasteiger partial charge in [0.25, 0.3) is 0 Å². The number of para-hydroxylation sites is 2. The predicted octanol–water partition coefficient (Wildman–Crippen LogP) is 3.95.